The molecule has 2 fully saturated rings. The standard InChI is InChI=1S/C15H17Cl2NOS2/c1-14(9-15(14,16)17)13(19)18-11-5-2-4-10(8-11)12-20-6-3-7-21-12/h2,4-5,8,12H,3,6-7,9H2,1H3,(H,18,19). The third kappa shape index (κ3) is 3.19. The Hall–Kier alpha value is -0.0300. The van der Waals surface area contributed by atoms with Crippen molar-refractivity contribution in [3.63, 3.8) is 0 Å². The van der Waals surface area contributed by atoms with Crippen LogP contribution in [0.5, 0.6) is 0 Å². The summed E-state index contributed by atoms with van der Waals surface area (Å²) in [5.41, 5.74) is 1.40. The van der Waals surface area contributed by atoms with Gasteiger partial charge < -0.3 is 5.32 Å². The second-order valence-corrected chi connectivity index (χ2v) is 9.93. The van der Waals surface area contributed by atoms with Crippen LogP contribution >= 0.6 is 46.7 Å². The molecule has 1 aromatic carbocycles. The van der Waals surface area contributed by atoms with E-state index in [1.165, 1.54) is 23.5 Å². The van der Waals surface area contributed by atoms with Gasteiger partial charge in [-0.25, -0.2) is 0 Å². The van der Waals surface area contributed by atoms with E-state index in [2.05, 4.69) is 17.4 Å². The maximum absolute atomic E-state index is 12.3. The number of thioether (sulfide) groups is 2. The topological polar surface area (TPSA) is 29.1 Å². The molecule has 1 N–H and O–H groups in total. The molecule has 2 aliphatic rings. The van der Waals surface area contributed by atoms with E-state index in [-0.39, 0.29) is 5.91 Å². The van der Waals surface area contributed by atoms with Crippen LogP contribution in [0.4, 0.5) is 5.69 Å². The van der Waals surface area contributed by atoms with Gasteiger partial charge in [-0.2, -0.15) is 0 Å². The molecule has 1 saturated heterocycles. The number of anilines is 1. The number of nitrogens with one attached hydrogen (secondary N) is 1. The van der Waals surface area contributed by atoms with Gasteiger partial charge in [0, 0.05) is 5.69 Å². The molecule has 3 rings (SSSR count). The van der Waals surface area contributed by atoms with Crippen molar-refractivity contribution < 1.29 is 4.79 Å². The molecule has 21 heavy (non-hydrogen) atoms. The number of carbonyl (C=O) groups is 1. The normalized spacial score (nSPS) is 28.1. The molecular formula is C15H17Cl2NOS2. The summed E-state index contributed by atoms with van der Waals surface area (Å²) in [7, 11) is 0. The molecule has 1 aliphatic carbocycles. The first-order valence-electron chi connectivity index (χ1n) is 6.95. The van der Waals surface area contributed by atoms with Crippen molar-refractivity contribution in [2.24, 2.45) is 5.41 Å². The van der Waals surface area contributed by atoms with Crippen LogP contribution in [0.3, 0.4) is 0 Å². The maximum Gasteiger partial charge on any atom is 0.233 e. The molecule has 6 heteroatoms. The molecule has 2 nitrogen and oxygen atoms in total. The van der Waals surface area contributed by atoms with E-state index in [1.807, 2.05) is 35.7 Å². The third-order valence-electron chi connectivity index (χ3n) is 4.00. The van der Waals surface area contributed by atoms with E-state index in [1.54, 1.807) is 6.92 Å². The van der Waals surface area contributed by atoms with Crippen molar-refractivity contribution in [3.8, 4) is 0 Å². The van der Waals surface area contributed by atoms with Gasteiger partial charge in [-0.05, 0) is 49.0 Å². The monoisotopic (exact) mass is 361 g/mol. The zero-order valence-corrected chi connectivity index (χ0v) is 14.8. The molecule has 1 unspecified atom stereocenters. The Balaban J connectivity index is 1.70. The van der Waals surface area contributed by atoms with Crippen LogP contribution in [-0.4, -0.2) is 21.7 Å². The van der Waals surface area contributed by atoms with Crippen LogP contribution in [0.1, 0.15) is 29.9 Å². The second-order valence-electron chi connectivity index (χ2n) is 5.72. The maximum atomic E-state index is 12.3. The lowest BCUT2D eigenvalue weighted by Gasteiger charge is -2.22. The number of carbonyl (C=O) groups excluding carboxylic acids is 1. The van der Waals surface area contributed by atoms with Crippen LogP contribution < -0.4 is 5.32 Å². The lowest BCUT2D eigenvalue weighted by atomic mass is 10.1. The summed E-state index contributed by atoms with van der Waals surface area (Å²) < 4.78 is -0.462. The van der Waals surface area contributed by atoms with E-state index in [0.29, 0.717) is 11.0 Å². The smallest absolute Gasteiger partial charge is 0.233 e. The summed E-state index contributed by atoms with van der Waals surface area (Å²) in [5.74, 6) is 2.30. The summed E-state index contributed by atoms with van der Waals surface area (Å²) in [5, 5.41) is 2.95. The number of alkyl halides is 2. The highest BCUT2D eigenvalue weighted by Crippen LogP contribution is 2.64. The van der Waals surface area contributed by atoms with Crippen LogP contribution in [0, 0.1) is 5.41 Å². The molecular weight excluding hydrogens is 345 g/mol. The third-order valence-corrected chi connectivity index (χ3v) is 8.12. The molecule has 1 aromatic rings. The quantitative estimate of drug-likeness (QED) is 0.761. The molecule has 1 amide bonds. The van der Waals surface area contributed by atoms with Gasteiger partial charge in [-0.1, -0.05) is 12.1 Å². The van der Waals surface area contributed by atoms with Gasteiger partial charge >= 0.3 is 0 Å². The van der Waals surface area contributed by atoms with E-state index in [0.717, 1.165) is 5.69 Å². The van der Waals surface area contributed by atoms with Gasteiger partial charge in [0.05, 0.1) is 10.00 Å². The number of hydrogen-bond acceptors (Lipinski definition) is 3. The van der Waals surface area contributed by atoms with Crippen molar-refractivity contribution in [1.82, 2.24) is 0 Å². The van der Waals surface area contributed by atoms with E-state index in [9.17, 15) is 4.79 Å². The minimum atomic E-state index is -0.927. The fourth-order valence-electron chi connectivity index (χ4n) is 2.36. The highest BCUT2D eigenvalue weighted by atomic mass is 35.5. The van der Waals surface area contributed by atoms with Crippen molar-refractivity contribution >= 4 is 58.3 Å². The summed E-state index contributed by atoms with van der Waals surface area (Å²) in [6, 6.07) is 8.08. The Morgan fingerprint density at radius 2 is 2.00 bits per heavy atom. The van der Waals surface area contributed by atoms with Crippen LogP contribution in [0.2, 0.25) is 0 Å². The predicted molar refractivity (Wildman–Crippen MR) is 94.5 cm³/mol. The molecule has 0 aromatic heterocycles. The van der Waals surface area contributed by atoms with Gasteiger partial charge in [0.25, 0.3) is 0 Å². The zero-order valence-electron chi connectivity index (χ0n) is 11.7. The van der Waals surface area contributed by atoms with Crippen LogP contribution in [0.25, 0.3) is 0 Å². The minimum Gasteiger partial charge on any atom is -0.326 e. The Kier molecular flexibility index (Phi) is 4.44. The first-order chi connectivity index (χ1) is 9.92. The van der Waals surface area contributed by atoms with Gasteiger partial charge in [0.15, 0.2) is 0 Å². The molecule has 0 radical (unpaired) electrons. The van der Waals surface area contributed by atoms with Gasteiger partial charge in [0.2, 0.25) is 5.91 Å². The number of amides is 1. The Morgan fingerprint density at radius 1 is 1.33 bits per heavy atom. The highest BCUT2D eigenvalue weighted by molar-refractivity contribution is 8.16. The minimum absolute atomic E-state index is 0.103. The molecule has 114 valence electrons. The van der Waals surface area contributed by atoms with E-state index >= 15 is 0 Å². The number of rotatable bonds is 3. The molecule has 0 spiro atoms. The molecule has 1 atom stereocenters. The zero-order chi connectivity index (χ0) is 15.1. The average Bonchev–Trinajstić information content (AvgIpc) is 3.00. The number of halogens is 2. The van der Waals surface area contributed by atoms with Gasteiger partial charge in [0.1, 0.15) is 4.33 Å². The predicted octanol–water partition coefficient (Wildman–Crippen LogP) is 5.08. The van der Waals surface area contributed by atoms with Gasteiger partial charge in [-0.3, -0.25) is 4.79 Å². The fraction of sp³-hybridized carbons (Fsp3) is 0.533. The number of hydrogen-bond donors (Lipinski definition) is 1. The van der Waals surface area contributed by atoms with Crippen molar-refractivity contribution in [3.05, 3.63) is 29.8 Å². The highest BCUT2D eigenvalue weighted by Gasteiger charge is 2.67. The van der Waals surface area contributed by atoms with Gasteiger partial charge in [-0.15, -0.1) is 46.7 Å². The molecule has 0 bridgehead atoms. The van der Waals surface area contributed by atoms with Crippen molar-refractivity contribution in [2.75, 3.05) is 16.8 Å². The first kappa shape index (κ1) is 15.9. The number of benzene rings is 1. The average molecular weight is 362 g/mol. The Morgan fingerprint density at radius 3 is 2.62 bits per heavy atom. The van der Waals surface area contributed by atoms with E-state index in [4.69, 9.17) is 23.2 Å². The summed E-state index contributed by atoms with van der Waals surface area (Å²) in [4.78, 5) is 12.3. The lowest BCUT2D eigenvalue weighted by Crippen LogP contribution is -2.26. The molecule has 1 heterocycles. The largest absolute Gasteiger partial charge is 0.326 e. The lowest BCUT2D eigenvalue weighted by molar-refractivity contribution is -0.120. The summed E-state index contributed by atoms with van der Waals surface area (Å²) >= 11 is 16.1. The molecule has 1 aliphatic heterocycles. The Labute approximate surface area is 143 Å². The van der Waals surface area contributed by atoms with E-state index < -0.39 is 9.75 Å². The van der Waals surface area contributed by atoms with Crippen LogP contribution in [-0.2, 0) is 4.79 Å². The Bertz CT molecular complexity index is 560. The first-order valence-corrected chi connectivity index (χ1v) is 9.80. The van der Waals surface area contributed by atoms with Crippen molar-refractivity contribution in [2.45, 2.75) is 28.7 Å². The molecule has 1 saturated carbocycles. The second kappa shape index (κ2) is 5.88. The summed E-state index contributed by atoms with van der Waals surface area (Å²) in [6.07, 6.45) is 1.77. The van der Waals surface area contributed by atoms with Crippen molar-refractivity contribution in [1.29, 1.82) is 0 Å². The SMILES string of the molecule is CC1(C(=O)Nc2cccc(C3SCCCS3)c2)CC1(Cl)Cl. The fourth-order valence-corrected chi connectivity index (χ4v) is 5.94. The van der Waals surface area contributed by atoms with Crippen LogP contribution in [0.15, 0.2) is 24.3 Å². The summed E-state index contributed by atoms with van der Waals surface area (Å²) in [6.45, 7) is 1.80.